The van der Waals surface area contributed by atoms with E-state index in [0.717, 1.165) is 0 Å². The molecule has 0 atom stereocenters. The maximum Gasteiger partial charge on any atom is 1.00 e. The minimum atomic E-state index is 0. The summed E-state index contributed by atoms with van der Waals surface area (Å²) in [6.07, 6.45) is 1.54. The number of hydrogen-bond donors (Lipinski definition) is 1. The predicted molar refractivity (Wildman–Crippen MR) is 32.6 cm³/mol. The molecular weight excluding hydrogens is 109 g/mol. The Balaban J connectivity index is 0.000000640. The van der Waals surface area contributed by atoms with E-state index in [4.69, 9.17) is 11.5 Å². The molecule has 0 aliphatic heterocycles. The molecule has 3 N–H and O–H groups in total. The summed E-state index contributed by atoms with van der Waals surface area (Å²) in [5.74, 6) is 0.146. The van der Waals surface area contributed by atoms with Gasteiger partial charge in [-0.25, -0.2) is 0 Å². The molecule has 1 aromatic rings. The van der Waals surface area contributed by atoms with Crippen molar-refractivity contribution < 1.29 is 18.9 Å². The van der Waals surface area contributed by atoms with E-state index >= 15 is 0 Å². The average molecular weight is 115 g/mol. The third kappa shape index (κ3) is 1.96. The molecule has 4 heteroatoms. The molecule has 0 spiro atoms. The fraction of sp³-hybridized carbons (Fsp3) is 0. The van der Waals surface area contributed by atoms with Crippen LogP contribution in [0.1, 0.15) is 0 Å². The third-order valence-corrected chi connectivity index (χ3v) is 0.839. The van der Waals surface area contributed by atoms with E-state index in [1.165, 1.54) is 0 Å². The summed E-state index contributed by atoms with van der Waals surface area (Å²) in [7, 11) is 0. The van der Waals surface area contributed by atoms with Gasteiger partial charge in [0.1, 0.15) is 0 Å². The van der Waals surface area contributed by atoms with Gasteiger partial charge >= 0.3 is 18.9 Å². The van der Waals surface area contributed by atoms with Crippen LogP contribution in [0.15, 0.2) is 18.3 Å². The molecule has 0 aromatic carbocycles. The van der Waals surface area contributed by atoms with Gasteiger partial charge in [0.15, 0.2) is 0 Å². The quantitative estimate of drug-likeness (QED) is 0.412. The molecule has 0 saturated carbocycles. The Morgan fingerprint density at radius 1 is 1.56 bits per heavy atom. The van der Waals surface area contributed by atoms with Crippen molar-refractivity contribution in [1.82, 2.24) is 4.98 Å². The molecule has 1 rings (SSSR count). The number of rotatable bonds is 0. The largest absolute Gasteiger partial charge is 1.00 e. The first kappa shape index (κ1) is 8.35. The van der Waals surface area contributed by atoms with Crippen molar-refractivity contribution >= 4 is 11.5 Å². The van der Waals surface area contributed by atoms with Crippen LogP contribution in [0, 0.1) is 0 Å². The fourth-order valence-electron chi connectivity index (χ4n) is 0.418. The topological polar surface area (TPSA) is 62.7 Å². The van der Waals surface area contributed by atoms with Crippen LogP contribution in [0.3, 0.4) is 0 Å². The monoisotopic (exact) mass is 115 g/mol. The van der Waals surface area contributed by atoms with Gasteiger partial charge in [0.25, 0.3) is 0 Å². The summed E-state index contributed by atoms with van der Waals surface area (Å²) in [5, 5.41) is 0. The normalized spacial score (nSPS) is 8.00. The van der Waals surface area contributed by atoms with Gasteiger partial charge in [-0.3, -0.25) is 0 Å². The maximum atomic E-state index is 6.98. The summed E-state index contributed by atoms with van der Waals surface area (Å²) < 4.78 is 0. The van der Waals surface area contributed by atoms with Crippen LogP contribution in [0.5, 0.6) is 0 Å². The number of nitrogens with zero attached hydrogens (tertiary/aromatic N) is 1. The van der Waals surface area contributed by atoms with Gasteiger partial charge in [-0.2, -0.15) is 0 Å². The van der Waals surface area contributed by atoms with Gasteiger partial charge in [-0.15, -0.1) is 0 Å². The van der Waals surface area contributed by atoms with Gasteiger partial charge < -0.3 is 16.5 Å². The summed E-state index contributed by atoms with van der Waals surface area (Å²) in [6.45, 7) is 0. The van der Waals surface area contributed by atoms with E-state index in [2.05, 4.69) is 4.98 Å². The van der Waals surface area contributed by atoms with E-state index in [-0.39, 0.29) is 24.7 Å². The Hall–Kier alpha value is -0.653. The van der Waals surface area contributed by atoms with Crippen molar-refractivity contribution in [3.8, 4) is 0 Å². The van der Waals surface area contributed by atoms with Crippen molar-refractivity contribution in [2.75, 3.05) is 5.73 Å². The fourth-order valence-corrected chi connectivity index (χ4v) is 0.418. The molecule has 0 radical (unpaired) electrons. The minimum Gasteiger partial charge on any atom is -0.480 e. The Morgan fingerprint density at radius 2 is 2.22 bits per heavy atom. The number of nitrogens with two attached hydrogens (primary N) is 1. The van der Waals surface area contributed by atoms with Gasteiger partial charge in [-0.1, -0.05) is 12.3 Å². The molecule has 0 amide bonds. The second-order valence-electron chi connectivity index (χ2n) is 1.44. The van der Waals surface area contributed by atoms with Crippen molar-refractivity contribution in [1.29, 1.82) is 0 Å². The van der Waals surface area contributed by atoms with Crippen molar-refractivity contribution in [3.05, 3.63) is 24.1 Å². The SMILES string of the molecule is [Li+].[NH-]c1ncccc1N. The zero-order chi connectivity index (χ0) is 5.98. The van der Waals surface area contributed by atoms with E-state index in [0.29, 0.717) is 5.69 Å². The number of nitrogens with one attached hydrogen (secondary N) is 1. The van der Waals surface area contributed by atoms with Crippen molar-refractivity contribution in [3.63, 3.8) is 0 Å². The van der Waals surface area contributed by atoms with Gasteiger partial charge in [0.05, 0.1) is 0 Å². The molecule has 0 bridgehead atoms. The molecule has 1 heterocycles. The Morgan fingerprint density at radius 3 is 2.56 bits per heavy atom. The first-order valence-electron chi connectivity index (χ1n) is 2.23. The Bertz CT molecular complexity index is 168. The minimum absolute atomic E-state index is 0. The zero-order valence-electron chi connectivity index (χ0n) is 5.26. The first-order chi connectivity index (χ1) is 3.80. The third-order valence-electron chi connectivity index (χ3n) is 0.839. The number of hydrogen-bond acceptors (Lipinski definition) is 2. The van der Waals surface area contributed by atoms with Crippen LogP contribution in [-0.2, 0) is 0 Å². The molecule has 0 aliphatic carbocycles. The second kappa shape index (κ2) is 3.39. The number of pyridine rings is 1. The molecule has 0 unspecified atom stereocenters. The zero-order valence-corrected chi connectivity index (χ0v) is 5.26. The maximum absolute atomic E-state index is 6.98. The van der Waals surface area contributed by atoms with E-state index < -0.39 is 0 Å². The average Bonchev–Trinajstić information content (AvgIpc) is 1.77. The number of nitrogen functional groups attached to an aromatic ring is 1. The van der Waals surface area contributed by atoms with Crippen LogP contribution in [0.4, 0.5) is 11.5 Å². The van der Waals surface area contributed by atoms with Crippen LogP contribution in [-0.4, -0.2) is 4.98 Å². The van der Waals surface area contributed by atoms with Crippen LogP contribution in [0.2, 0.25) is 0 Å². The van der Waals surface area contributed by atoms with Gasteiger partial charge in [0.2, 0.25) is 0 Å². The smallest absolute Gasteiger partial charge is 0.480 e. The Kier molecular flexibility index (Phi) is 3.14. The van der Waals surface area contributed by atoms with Gasteiger partial charge in [0, 0.05) is 5.69 Å². The van der Waals surface area contributed by atoms with Crippen molar-refractivity contribution in [2.24, 2.45) is 0 Å². The molecule has 0 saturated heterocycles. The van der Waals surface area contributed by atoms with Crippen LogP contribution in [0.25, 0.3) is 5.73 Å². The summed E-state index contributed by atoms with van der Waals surface area (Å²) in [4.78, 5) is 3.62. The standard InChI is InChI=1S/C5H6N3.Li/c6-4-2-1-3-8-5(4)7;/h1-3H,6H2,(H-,7,8);/q-1;+1. The molecular formula is C5H6LiN3. The molecule has 9 heavy (non-hydrogen) atoms. The summed E-state index contributed by atoms with van der Waals surface area (Å²) in [6, 6.07) is 3.35. The van der Waals surface area contributed by atoms with Gasteiger partial charge in [-0.05, 0) is 11.9 Å². The van der Waals surface area contributed by atoms with Crippen LogP contribution >= 0.6 is 0 Å². The number of aromatic nitrogens is 1. The number of anilines is 1. The second-order valence-corrected chi connectivity index (χ2v) is 1.44. The molecule has 1 aromatic heterocycles. The summed E-state index contributed by atoms with van der Waals surface area (Å²) in [5.41, 5.74) is 12.7. The van der Waals surface area contributed by atoms with Crippen LogP contribution < -0.4 is 24.6 Å². The Labute approximate surface area is 65.6 Å². The summed E-state index contributed by atoms with van der Waals surface area (Å²) >= 11 is 0. The molecule has 42 valence electrons. The van der Waals surface area contributed by atoms with E-state index in [1.807, 2.05) is 0 Å². The molecule has 0 aliphatic rings. The first-order valence-corrected chi connectivity index (χ1v) is 2.23. The van der Waals surface area contributed by atoms with E-state index in [1.54, 1.807) is 18.3 Å². The molecule has 3 nitrogen and oxygen atoms in total. The van der Waals surface area contributed by atoms with Crippen molar-refractivity contribution in [2.45, 2.75) is 0 Å². The molecule has 0 fully saturated rings. The predicted octanol–water partition coefficient (Wildman–Crippen LogP) is -1.65. The van der Waals surface area contributed by atoms with E-state index in [9.17, 15) is 0 Å².